The Balaban J connectivity index is 2.32. The molecule has 0 atom stereocenters. The van der Waals surface area contributed by atoms with Gasteiger partial charge >= 0.3 is 0 Å². The van der Waals surface area contributed by atoms with Gasteiger partial charge in [0, 0.05) is 17.0 Å². The maximum atomic E-state index is 4.61. The first-order valence-corrected chi connectivity index (χ1v) is 8.17. The fraction of sp³-hybridized carbons (Fsp3) is 0.412. The molecule has 0 aliphatic heterocycles. The molecule has 1 N–H and O–H groups in total. The van der Waals surface area contributed by atoms with Gasteiger partial charge in [0.2, 0.25) is 0 Å². The molecule has 0 aliphatic rings. The minimum atomic E-state index is 0.812. The summed E-state index contributed by atoms with van der Waals surface area (Å²) in [6.45, 7) is 11.4. The van der Waals surface area contributed by atoms with Crippen LogP contribution in [0, 0.1) is 27.7 Å². The number of nitrogens with zero attached hydrogens (tertiary/aromatic N) is 2. The first kappa shape index (κ1) is 15.8. The molecule has 2 rings (SSSR count). The van der Waals surface area contributed by atoms with Gasteiger partial charge in [0.15, 0.2) is 0 Å². The van der Waals surface area contributed by atoms with Crippen LogP contribution in [0.5, 0.6) is 0 Å². The van der Waals surface area contributed by atoms with Gasteiger partial charge in [-0.3, -0.25) is 0 Å². The lowest BCUT2D eigenvalue weighted by atomic mass is 10.2. The molecule has 0 fully saturated rings. The molecule has 0 saturated carbocycles. The quantitative estimate of drug-likeness (QED) is 0.813. The Morgan fingerprint density at radius 3 is 2.52 bits per heavy atom. The van der Waals surface area contributed by atoms with Gasteiger partial charge in [0.05, 0.1) is 0 Å². The van der Waals surface area contributed by atoms with Gasteiger partial charge in [-0.1, -0.05) is 36.4 Å². The summed E-state index contributed by atoms with van der Waals surface area (Å²) in [6, 6.07) is 6.53. The van der Waals surface area contributed by atoms with Crippen molar-refractivity contribution in [3.63, 3.8) is 0 Å². The molecule has 1 aromatic heterocycles. The van der Waals surface area contributed by atoms with Gasteiger partial charge in [-0.2, -0.15) is 0 Å². The van der Waals surface area contributed by atoms with Crippen LogP contribution in [0.1, 0.15) is 35.9 Å². The maximum Gasteiger partial charge on any atom is 0.133 e. The first-order valence-electron chi connectivity index (χ1n) is 7.35. The summed E-state index contributed by atoms with van der Waals surface area (Å²) in [7, 11) is 0. The zero-order valence-electron chi connectivity index (χ0n) is 13.4. The van der Waals surface area contributed by atoms with Crippen LogP contribution in [0.2, 0.25) is 0 Å². The highest BCUT2D eigenvalue weighted by atomic mass is 32.2. The van der Waals surface area contributed by atoms with E-state index in [0.717, 1.165) is 35.2 Å². The van der Waals surface area contributed by atoms with Crippen molar-refractivity contribution in [1.82, 2.24) is 9.97 Å². The van der Waals surface area contributed by atoms with Gasteiger partial charge in [-0.05, 0) is 45.7 Å². The van der Waals surface area contributed by atoms with Crippen LogP contribution in [-0.4, -0.2) is 16.5 Å². The molecule has 21 heavy (non-hydrogen) atoms. The smallest absolute Gasteiger partial charge is 0.133 e. The second-order valence-corrected chi connectivity index (χ2v) is 6.38. The first-order chi connectivity index (χ1) is 10.0. The van der Waals surface area contributed by atoms with E-state index in [-0.39, 0.29) is 0 Å². The van der Waals surface area contributed by atoms with E-state index < -0.39 is 0 Å². The third-order valence-electron chi connectivity index (χ3n) is 3.29. The van der Waals surface area contributed by atoms with Crippen molar-refractivity contribution >= 4 is 17.6 Å². The molecule has 1 heterocycles. The van der Waals surface area contributed by atoms with E-state index >= 15 is 0 Å². The largest absolute Gasteiger partial charge is 0.370 e. The van der Waals surface area contributed by atoms with Gasteiger partial charge < -0.3 is 5.32 Å². The highest BCUT2D eigenvalue weighted by Gasteiger charge is 2.11. The van der Waals surface area contributed by atoms with Crippen molar-refractivity contribution in [3.05, 3.63) is 40.7 Å². The Labute approximate surface area is 131 Å². The Hall–Kier alpha value is -1.55. The third kappa shape index (κ3) is 3.97. The lowest BCUT2D eigenvalue weighted by molar-refractivity contribution is 0.908. The molecule has 0 radical (unpaired) electrons. The molecular weight excluding hydrogens is 278 g/mol. The van der Waals surface area contributed by atoms with E-state index in [1.807, 2.05) is 6.92 Å². The Kier molecular flexibility index (Phi) is 5.23. The molecule has 0 spiro atoms. The van der Waals surface area contributed by atoms with Crippen molar-refractivity contribution < 1.29 is 0 Å². The monoisotopic (exact) mass is 301 g/mol. The number of hydrogen-bond acceptors (Lipinski definition) is 4. The molecule has 0 bridgehead atoms. The van der Waals surface area contributed by atoms with E-state index in [9.17, 15) is 0 Å². The fourth-order valence-electron chi connectivity index (χ4n) is 2.14. The highest BCUT2D eigenvalue weighted by molar-refractivity contribution is 7.99. The molecule has 0 saturated heterocycles. The summed E-state index contributed by atoms with van der Waals surface area (Å²) in [6.07, 6.45) is 1.09. The van der Waals surface area contributed by atoms with Crippen molar-refractivity contribution in [2.24, 2.45) is 0 Å². The van der Waals surface area contributed by atoms with Crippen molar-refractivity contribution in [2.75, 3.05) is 11.9 Å². The number of rotatable bonds is 5. The van der Waals surface area contributed by atoms with E-state index in [0.29, 0.717) is 0 Å². The summed E-state index contributed by atoms with van der Waals surface area (Å²) >= 11 is 1.72. The van der Waals surface area contributed by atoms with Gasteiger partial charge in [0.1, 0.15) is 16.7 Å². The molecule has 0 aliphatic carbocycles. The van der Waals surface area contributed by atoms with Crippen LogP contribution in [0.3, 0.4) is 0 Å². The second-order valence-electron chi connectivity index (χ2n) is 5.35. The number of benzene rings is 1. The maximum absolute atomic E-state index is 4.61. The van der Waals surface area contributed by atoms with Crippen LogP contribution in [0.4, 0.5) is 5.82 Å². The number of nitrogens with one attached hydrogen (secondary N) is 1. The summed E-state index contributed by atoms with van der Waals surface area (Å²) in [5, 5.41) is 4.42. The van der Waals surface area contributed by atoms with Crippen molar-refractivity contribution in [3.8, 4) is 0 Å². The van der Waals surface area contributed by atoms with Crippen LogP contribution in [0.15, 0.2) is 28.1 Å². The van der Waals surface area contributed by atoms with E-state index in [1.54, 1.807) is 11.8 Å². The van der Waals surface area contributed by atoms with Crippen LogP contribution in [-0.2, 0) is 0 Å². The van der Waals surface area contributed by atoms with E-state index in [4.69, 9.17) is 0 Å². The number of aryl methyl sites for hydroxylation is 3. The zero-order chi connectivity index (χ0) is 15.4. The van der Waals surface area contributed by atoms with Gasteiger partial charge in [-0.15, -0.1) is 0 Å². The zero-order valence-corrected chi connectivity index (χ0v) is 14.3. The topological polar surface area (TPSA) is 37.8 Å². The normalized spacial score (nSPS) is 10.7. The minimum absolute atomic E-state index is 0.812. The summed E-state index contributed by atoms with van der Waals surface area (Å²) in [5.74, 6) is 1.77. The summed E-state index contributed by atoms with van der Waals surface area (Å²) in [5.41, 5.74) is 3.70. The van der Waals surface area contributed by atoms with Gasteiger partial charge in [-0.25, -0.2) is 9.97 Å². The predicted molar refractivity (Wildman–Crippen MR) is 90.3 cm³/mol. The van der Waals surface area contributed by atoms with E-state index in [1.165, 1.54) is 16.0 Å². The molecule has 112 valence electrons. The average molecular weight is 301 g/mol. The lowest BCUT2D eigenvalue weighted by Gasteiger charge is -2.13. The molecule has 1 aromatic carbocycles. The molecule has 4 heteroatoms. The number of aromatic nitrogens is 2. The number of hydrogen-bond donors (Lipinski definition) is 1. The summed E-state index contributed by atoms with van der Waals surface area (Å²) in [4.78, 5) is 10.4. The average Bonchev–Trinajstić information content (AvgIpc) is 2.43. The molecule has 0 amide bonds. The Bertz CT molecular complexity index is 638. The van der Waals surface area contributed by atoms with Crippen molar-refractivity contribution in [2.45, 2.75) is 51.0 Å². The van der Waals surface area contributed by atoms with Crippen molar-refractivity contribution in [1.29, 1.82) is 0 Å². The number of anilines is 1. The molecular formula is C17H23N3S. The Morgan fingerprint density at radius 2 is 1.86 bits per heavy atom. The standard InChI is InChI=1S/C17H23N3S/c1-6-9-18-16-13(4)17(20-14(5)19-16)21-15-8-7-11(2)10-12(15)3/h7-8,10H,6,9H2,1-5H3,(H,18,19,20). The molecule has 0 unspecified atom stereocenters. The fourth-order valence-corrected chi connectivity index (χ4v) is 3.13. The lowest BCUT2D eigenvalue weighted by Crippen LogP contribution is -2.07. The minimum Gasteiger partial charge on any atom is -0.370 e. The third-order valence-corrected chi connectivity index (χ3v) is 4.56. The SMILES string of the molecule is CCCNc1nc(C)nc(Sc2ccc(C)cc2C)c1C. The molecule has 2 aromatic rings. The van der Waals surface area contributed by atoms with Gasteiger partial charge in [0.25, 0.3) is 0 Å². The van der Waals surface area contributed by atoms with Crippen LogP contribution >= 0.6 is 11.8 Å². The molecule has 3 nitrogen and oxygen atoms in total. The second kappa shape index (κ2) is 6.94. The predicted octanol–water partition coefficient (Wildman–Crippen LogP) is 4.68. The summed E-state index contributed by atoms with van der Waals surface area (Å²) < 4.78 is 0. The van der Waals surface area contributed by atoms with Crippen LogP contribution in [0.25, 0.3) is 0 Å². The van der Waals surface area contributed by atoms with E-state index in [2.05, 4.69) is 61.2 Å². The highest BCUT2D eigenvalue weighted by Crippen LogP contribution is 2.33. The Morgan fingerprint density at radius 1 is 1.10 bits per heavy atom. The van der Waals surface area contributed by atoms with Crippen LogP contribution < -0.4 is 5.32 Å².